The Bertz CT molecular complexity index is 706. The van der Waals surface area contributed by atoms with Crippen LogP contribution in [0.4, 0.5) is 0 Å². The largest absolute Gasteiger partial charge is 0.480 e. The fourth-order valence-electron chi connectivity index (χ4n) is 2.62. The van der Waals surface area contributed by atoms with Gasteiger partial charge in [0.1, 0.15) is 18.1 Å². The number of carboxylic acids is 1. The van der Waals surface area contributed by atoms with Crippen molar-refractivity contribution >= 4 is 11.9 Å². The first-order chi connectivity index (χ1) is 12.1. The molecule has 1 atom stereocenters. The fourth-order valence-corrected chi connectivity index (χ4v) is 2.62. The van der Waals surface area contributed by atoms with Crippen molar-refractivity contribution in [2.24, 2.45) is 0 Å². The fraction of sp³-hybridized carbons (Fsp3) is 0.438. The molecule has 9 nitrogen and oxygen atoms in total. The first-order valence-corrected chi connectivity index (χ1v) is 8.00. The third-order valence-corrected chi connectivity index (χ3v) is 3.98. The van der Waals surface area contributed by atoms with Gasteiger partial charge in [0.25, 0.3) is 5.91 Å². The molecule has 0 bridgehead atoms. The standard InChI is InChI=1S/C16H20N4O5/c21-15(19-14(16(22)23)6-12-7-17-10-18-12)11-5-13(25-9-11)8-20-1-3-24-4-2-20/h5,7,9-10,14H,1-4,6,8H2,(H,17,18)(H,19,21)(H,22,23)/t14-/m1/s1. The van der Waals surface area contributed by atoms with Crippen molar-refractivity contribution in [1.29, 1.82) is 0 Å². The van der Waals surface area contributed by atoms with Crippen LogP contribution in [0.15, 0.2) is 29.3 Å². The molecule has 9 heteroatoms. The number of carbonyl (C=O) groups excluding carboxylic acids is 1. The highest BCUT2D eigenvalue weighted by Crippen LogP contribution is 2.12. The topological polar surface area (TPSA) is 121 Å². The van der Waals surface area contributed by atoms with Gasteiger partial charge < -0.3 is 24.6 Å². The maximum absolute atomic E-state index is 12.3. The highest BCUT2D eigenvalue weighted by atomic mass is 16.5. The van der Waals surface area contributed by atoms with Crippen LogP contribution in [0.25, 0.3) is 0 Å². The quantitative estimate of drug-likeness (QED) is 0.656. The zero-order valence-corrected chi connectivity index (χ0v) is 13.6. The summed E-state index contributed by atoms with van der Waals surface area (Å²) in [5, 5.41) is 11.8. The Morgan fingerprint density at radius 1 is 1.40 bits per heavy atom. The van der Waals surface area contributed by atoms with Gasteiger partial charge in [0.05, 0.1) is 31.6 Å². The second-order valence-corrected chi connectivity index (χ2v) is 5.84. The number of hydrogen-bond acceptors (Lipinski definition) is 6. The molecular formula is C16H20N4O5. The molecule has 0 saturated carbocycles. The number of ether oxygens (including phenoxy) is 1. The van der Waals surface area contributed by atoms with Gasteiger partial charge in [-0.25, -0.2) is 9.78 Å². The summed E-state index contributed by atoms with van der Waals surface area (Å²) in [5.41, 5.74) is 0.937. The number of nitrogens with zero attached hydrogens (tertiary/aromatic N) is 2. The minimum Gasteiger partial charge on any atom is -0.480 e. The lowest BCUT2D eigenvalue weighted by molar-refractivity contribution is -0.139. The van der Waals surface area contributed by atoms with E-state index in [1.54, 1.807) is 6.07 Å². The lowest BCUT2D eigenvalue weighted by atomic mass is 10.1. The maximum atomic E-state index is 12.3. The highest BCUT2D eigenvalue weighted by molar-refractivity contribution is 5.96. The van der Waals surface area contributed by atoms with Gasteiger partial charge in [0.2, 0.25) is 0 Å². The van der Waals surface area contributed by atoms with Crippen LogP contribution < -0.4 is 5.32 Å². The van der Waals surface area contributed by atoms with Crippen molar-refractivity contribution in [3.05, 3.63) is 41.9 Å². The smallest absolute Gasteiger partial charge is 0.326 e. The van der Waals surface area contributed by atoms with Gasteiger partial charge in [-0.3, -0.25) is 9.69 Å². The van der Waals surface area contributed by atoms with Gasteiger partial charge in [-0.1, -0.05) is 0 Å². The molecule has 1 aliphatic heterocycles. The van der Waals surface area contributed by atoms with Crippen molar-refractivity contribution < 1.29 is 23.8 Å². The van der Waals surface area contributed by atoms with Gasteiger partial charge in [-0.15, -0.1) is 0 Å². The molecule has 1 amide bonds. The average molecular weight is 348 g/mol. The van der Waals surface area contributed by atoms with Gasteiger partial charge >= 0.3 is 5.97 Å². The lowest BCUT2D eigenvalue weighted by Gasteiger charge is -2.25. The number of carbonyl (C=O) groups is 2. The van der Waals surface area contributed by atoms with Crippen molar-refractivity contribution in [3.8, 4) is 0 Å². The molecular weight excluding hydrogens is 328 g/mol. The van der Waals surface area contributed by atoms with Crippen LogP contribution in [0, 0.1) is 0 Å². The third-order valence-electron chi connectivity index (χ3n) is 3.98. The SMILES string of the molecule is O=C(N[C@H](Cc1cnc[nH]1)C(=O)O)c1coc(CN2CCOCC2)c1. The highest BCUT2D eigenvalue weighted by Gasteiger charge is 2.23. The molecule has 1 fully saturated rings. The monoisotopic (exact) mass is 348 g/mol. The minimum atomic E-state index is -1.11. The number of imidazole rings is 1. The molecule has 2 aromatic heterocycles. The molecule has 0 unspecified atom stereocenters. The third kappa shape index (κ3) is 4.68. The van der Waals surface area contributed by atoms with Crippen molar-refractivity contribution in [2.45, 2.75) is 19.0 Å². The van der Waals surface area contributed by atoms with Crippen LogP contribution in [0.3, 0.4) is 0 Å². The van der Waals surface area contributed by atoms with Crippen LogP contribution in [0.5, 0.6) is 0 Å². The number of aliphatic carboxylic acids is 1. The summed E-state index contributed by atoms with van der Waals surface area (Å²) in [5.74, 6) is -0.934. The Hall–Kier alpha value is -2.65. The molecule has 3 N–H and O–H groups in total. The summed E-state index contributed by atoms with van der Waals surface area (Å²) in [4.78, 5) is 32.5. The Balaban J connectivity index is 1.58. The van der Waals surface area contributed by atoms with E-state index >= 15 is 0 Å². The van der Waals surface area contributed by atoms with Crippen molar-refractivity contribution in [1.82, 2.24) is 20.2 Å². The number of amides is 1. The van der Waals surface area contributed by atoms with Crippen LogP contribution >= 0.6 is 0 Å². The van der Waals surface area contributed by atoms with Gasteiger partial charge in [-0.2, -0.15) is 0 Å². The summed E-state index contributed by atoms with van der Waals surface area (Å²) in [6.07, 6.45) is 4.46. The zero-order chi connectivity index (χ0) is 17.6. The molecule has 3 heterocycles. The van der Waals surface area contributed by atoms with E-state index in [2.05, 4.69) is 20.2 Å². The Morgan fingerprint density at radius 2 is 2.20 bits per heavy atom. The first kappa shape index (κ1) is 17.2. The number of hydrogen-bond donors (Lipinski definition) is 3. The molecule has 2 aromatic rings. The summed E-state index contributed by atoms with van der Waals surface area (Å²) >= 11 is 0. The predicted molar refractivity (Wildman–Crippen MR) is 86.0 cm³/mol. The number of rotatable bonds is 7. The summed E-state index contributed by atoms with van der Waals surface area (Å²) in [7, 11) is 0. The second kappa shape index (κ2) is 7.95. The predicted octanol–water partition coefficient (Wildman–Crippen LogP) is 0.261. The Kier molecular flexibility index (Phi) is 5.46. The van der Waals surface area contributed by atoms with Gasteiger partial charge in [0, 0.05) is 31.4 Å². The Labute approximate surface area is 144 Å². The number of furan rings is 1. The Morgan fingerprint density at radius 3 is 2.88 bits per heavy atom. The van der Waals surface area contributed by atoms with Gasteiger partial charge in [-0.05, 0) is 6.07 Å². The summed E-state index contributed by atoms with van der Waals surface area (Å²) in [6, 6.07) is 0.588. The number of nitrogens with one attached hydrogen (secondary N) is 2. The molecule has 0 spiro atoms. The molecule has 1 saturated heterocycles. The van der Waals surface area contributed by atoms with Crippen LogP contribution in [0.1, 0.15) is 21.8 Å². The number of carboxylic acid groups (broad SMARTS) is 1. The number of H-pyrrole nitrogens is 1. The van der Waals surface area contributed by atoms with E-state index in [0.717, 1.165) is 13.1 Å². The van der Waals surface area contributed by atoms with E-state index < -0.39 is 17.9 Å². The van der Waals surface area contributed by atoms with Crippen LogP contribution in [0.2, 0.25) is 0 Å². The normalized spacial score (nSPS) is 16.5. The zero-order valence-electron chi connectivity index (χ0n) is 13.6. The first-order valence-electron chi connectivity index (χ1n) is 8.00. The van der Waals surface area contributed by atoms with Crippen LogP contribution in [-0.4, -0.2) is 64.2 Å². The number of aromatic nitrogens is 2. The average Bonchev–Trinajstić information content (AvgIpc) is 3.27. The number of aromatic amines is 1. The molecule has 0 radical (unpaired) electrons. The van der Waals surface area contributed by atoms with Gasteiger partial charge in [0.15, 0.2) is 0 Å². The molecule has 25 heavy (non-hydrogen) atoms. The van der Waals surface area contributed by atoms with Crippen LogP contribution in [-0.2, 0) is 22.5 Å². The maximum Gasteiger partial charge on any atom is 0.326 e. The summed E-state index contributed by atoms with van der Waals surface area (Å²) in [6.45, 7) is 3.58. The molecule has 0 aromatic carbocycles. The van der Waals surface area contributed by atoms with E-state index in [0.29, 0.717) is 36.8 Å². The van der Waals surface area contributed by atoms with E-state index in [4.69, 9.17) is 9.15 Å². The van der Waals surface area contributed by atoms with E-state index in [1.807, 2.05) is 0 Å². The molecule has 1 aliphatic rings. The van der Waals surface area contributed by atoms with E-state index in [1.165, 1.54) is 18.8 Å². The number of morpholine rings is 1. The lowest BCUT2D eigenvalue weighted by Crippen LogP contribution is -2.42. The summed E-state index contributed by atoms with van der Waals surface area (Å²) < 4.78 is 10.7. The van der Waals surface area contributed by atoms with Crippen molar-refractivity contribution in [2.75, 3.05) is 26.3 Å². The molecule has 0 aliphatic carbocycles. The second-order valence-electron chi connectivity index (χ2n) is 5.84. The molecule has 3 rings (SSSR count). The molecule has 134 valence electrons. The van der Waals surface area contributed by atoms with Crippen molar-refractivity contribution in [3.63, 3.8) is 0 Å². The van der Waals surface area contributed by atoms with E-state index in [9.17, 15) is 14.7 Å². The van der Waals surface area contributed by atoms with E-state index in [-0.39, 0.29) is 6.42 Å². The minimum absolute atomic E-state index is 0.125.